The van der Waals surface area contributed by atoms with Gasteiger partial charge in [-0.25, -0.2) is 0 Å². The Hall–Kier alpha value is -1.02. The van der Waals surface area contributed by atoms with Gasteiger partial charge in [0.25, 0.3) is 0 Å². The molecule has 3 atom stereocenters. The number of carbonyl (C=O) groups excluding carboxylic acids is 1. The largest absolute Gasteiger partial charge is 0.356 e. The van der Waals surface area contributed by atoms with Crippen molar-refractivity contribution in [2.75, 3.05) is 6.54 Å². The van der Waals surface area contributed by atoms with Crippen LogP contribution in [0.1, 0.15) is 36.8 Å². The maximum Gasteiger partial charge on any atom is 0.223 e. The SMILES string of the molecule is O=C(NCC1CCCC1Cl)C1CCc2ccccc2C1. The molecule has 0 heterocycles. The van der Waals surface area contributed by atoms with Crippen LogP contribution < -0.4 is 5.32 Å². The number of carbonyl (C=O) groups is 1. The molecule has 3 unspecified atom stereocenters. The predicted molar refractivity (Wildman–Crippen MR) is 81.9 cm³/mol. The fraction of sp³-hybridized carbons (Fsp3) is 0.588. The molecular weight excluding hydrogens is 270 g/mol. The Labute approximate surface area is 125 Å². The van der Waals surface area contributed by atoms with E-state index in [-0.39, 0.29) is 17.2 Å². The van der Waals surface area contributed by atoms with Crippen molar-refractivity contribution in [1.29, 1.82) is 0 Å². The van der Waals surface area contributed by atoms with Crippen molar-refractivity contribution in [1.82, 2.24) is 5.32 Å². The fourth-order valence-electron chi connectivity index (χ4n) is 3.52. The van der Waals surface area contributed by atoms with Gasteiger partial charge in [0.05, 0.1) is 0 Å². The molecule has 0 aliphatic heterocycles. The third-order valence-electron chi connectivity index (χ3n) is 4.82. The van der Waals surface area contributed by atoms with Crippen molar-refractivity contribution in [3.63, 3.8) is 0 Å². The smallest absolute Gasteiger partial charge is 0.223 e. The summed E-state index contributed by atoms with van der Waals surface area (Å²) in [5.41, 5.74) is 2.75. The van der Waals surface area contributed by atoms with Gasteiger partial charge in [-0.05, 0) is 49.1 Å². The number of halogens is 1. The lowest BCUT2D eigenvalue weighted by Gasteiger charge is -2.24. The van der Waals surface area contributed by atoms with Gasteiger partial charge in [0, 0.05) is 17.8 Å². The molecule has 2 aliphatic rings. The molecule has 1 fully saturated rings. The van der Waals surface area contributed by atoms with Crippen molar-refractivity contribution < 1.29 is 4.79 Å². The van der Waals surface area contributed by atoms with Gasteiger partial charge in [0.15, 0.2) is 0 Å². The molecule has 0 aromatic heterocycles. The van der Waals surface area contributed by atoms with Crippen LogP contribution in [0.5, 0.6) is 0 Å². The average Bonchev–Trinajstić information content (AvgIpc) is 2.89. The van der Waals surface area contributed by atoms with Crippen LogP contribution in [-0.4, -0.2) is 17.8 Å². The molecule has 3 rings (SSSR count). The average molecular weight is 292 g/mol. The molecule has 1 amide bonds. The number of nitrogens with one attached hydrogen (secondary N) is 1. The first kappa shape index (κ1) is 13.9. The summed E-state index contributed by atoms with van der Waals surface area (Å²) in [5.74, 6) is 0.826. The van der Waals surface area contributed by atoms with E-state index >= 15 is 0 Å². The molecule has 2 aliphatic carbocycles. The Morgan fingerprint density at radius 3 is 2.75 bits per heavy atom. The van der Waals surface area contributed by atoms with Crippen LogP contribution in [0.4, 0.5) is 0 Å². The van der Waals surface area contributed by atoms with Gasteiger partial charge in [-0.15, -0.1) is 11.6 Å². The normalized spacial score (nSPS) is 28.9. The van der Waals surface area contributed by atoms with Crippen LogP contribution in [0.15, 0.2) is 24.3 Å². The Morgan fingerprint density at radius 1 is 1.20 bits per heavy atom. The Bertz CT molecular complexity index is 488. The standard InChI is InChI=1S/C17H22ClNO/c18-16-7-3-6-15(16)11-19-17(20)14-9-8-12-4-1-2-5-13(12)10-14/h1-2,4-5,14-16H,3,6-11H2,(H,19,20). The zero-order valence-corrected chi connectivity index (χ0v) is 12.5. The highest BCUT2D eigenvalue weighted by Gasteiger charge is 2.28. The molecule has 3 heteroatoms. The highest BCUT2D eigenvalue weighted by molar-refractivity contribution is 6.21. The summed E-state index contributed by atoms with van der Waals surface area (Å²) in [6.45, 7) is 0.755. The van der Waals surface area contributed by atoms with Gasteiger partial charge in [-0.3, -0.25) is 4.79 Å². The zero-order chi connectivity index (χ0) is 13.9. The summed E-state index contributed by atoms with van der Waals surface area (Å²) >= 11 is 6.26. The summed E-state index contributed by atoms with van der Waals surface area (Å²) in [6, 6.07) is 8.48. The first-order valence-corrected chi connectivity index (χ1v) is 8.16. The van der Waals surface area contributed by atoms with E-state index in [1.807, 2.05) is 0 Å². The first-order valence-electron chi connectivity index (χ1n) is 7.72. The summed E-state index contributed by atoms with van der Waals surface area (Å²) < 4.78 is 0. The van der Waals surface area contributed by atoms with Crippen molar-refractivity contribution in [2.24, 2.45) is 11.8 Å². The van der Waals surface area contributed by atoms with Gasteiger partial charge in [-0.1, -0.05) is 30.7 Å². The number of fused-ring (bicyclic) bond motifs is 1. The van der Waals surface area contributed by atoms with Crippen molar-refractivity contribution in [3.8, 4) is 0 Å². The lowest BCUT2D eigenvalue weighted by atomic mass is 9.83. The number of hydrogen-bond acceptors (Lipinski definition) is 1. The number of alkyl halides is 1. The van der Waals surface area contributed by atoms with Crippen LogP contribution in [-0.2, 0) is 17.6 Å². The van der Waals surface area contributed by atoms with Gasteiger partial charge >= 0.3 is 0 Å². The van der Waals surface area contributed by atoms with Gasteiger partial charge in [0.2, 0.25) is 5.91 Å². The Balaban J connectivity index is 1.54. The van der Waals surface area contributed by atoms with E-state index in [0.717, 1.165) is 38.6 Å². The van der Waals surface area contributed by atoms with Crippen LogP contribution in [0, 0.1) is 11.8 Å². The van der Waals surface area contributed by atoms with Crippen LogP contribution >= 0.6 is 11.6 Å². The second kappa shape index (κ2) is 6.17. The summed E-state index contributed by atoms with van der Waals surface area (Å²) in [7, 11) is 0. The van der Waals surface area contributed by atoms with Crippen LogP contribution in [0.25, 0.3) is 0 Å². The quantitative estimate of drug-likeness (QED) is 0.851. The highest BCUT2D eigenvalue weighted by atomic mass is 35.5. The molecule has 1 aromatic rings. The number of amides is 1. The van der Waals surface area contributed by atoms with E-state index in [1.165, 1.54) is 17.5 Å². The molecule has 20 heavy (non-hydrogen) atoms. The van der Waals surface area contributed by atoms with Gasteiger partial charge in [0.1, 0.15) is 0 Å². The Kier molecular flexibility index (Phi) is 4.30. The van der Waals surface area contributed by atoms with Crippen molar-refractivity contribution in [3.05, 3.63) is 35.4 Å². The number of aryl methyl sites for hydroxylation is 1. The molecule has 1 aromatic carbocycles. The van der Waals surface area contributed by atoms with Crippen LogP contribution in [0.2, 0.25) is 0 Å². The number of rotatable bonds is 3. The molecule has 0 spiro atoms. The maximum absolute atomic E-state index is 12.3. The molecule has 1 saturated carbocycles. The minimum Gasteiger partial charge on any atom is -0.356 e. The zero-order valence-electron chi connectivity index (χ0n) is 11.8. The van der Waals surface area contributed by atoms with E-state index in [9.17, 15) is 4.79 Å². The topological polar surface area (TPSA) is 29.1 Å². The van der Waals surface area contributed by atoms with Crippen molar-refractivity contribution >= 4 is 17.5 Å². The number of hydrogen-bond donors (Lipinski definition) is 1. The summed E-state index contributed by atoms with van der Waals surface area (Å²) in [5, 5.41) is 3.38. The van der Waals surface area contributed by atoms with E-state index in [1.54, 1.807) is 0 Å². The lowest BCUT2D eigenvalue weighted by Crippen LogP contribution is -2.37. The summed E-state index contributed by atoms with van der Waals surface area (Å²) in [4.78, 5) is 12.3. The second-order valence-electron chi connectivity index (χ2n) is 6.16. The van der Waals surface area contributed by atoms with Crippen molar-refractivity contribution in [2.45, 2.75) is 43.9 Å². The van der Waals surface area contributed by atoms with Gasteiger partial charge in [-0.2, -0.15) is 0 Å². The third-order valence-corrected chi connectivity index (χ3v) is 5.40. The Morgan fingerprint density at radius 2 is 2.00 bits per heavy atom. The van der Waals surface area contributed by atoms with E-state index in [4.69, 9.17) is 11.6 Å². The molecule has 1 N–H and O–H groups in total. The molecule has 0 bridgehead atoms. The minimum absolute atomic E-state index is 0.139. The molecule has 108 valence electrons. The second-order valence-corrected chi connectivity index (χ2v) is 6.72. The first-order chi connectivity index (χ1) is 9.74. The van der Waals surface area contributed by atoms with E-state index < -0.39 is 0 Å². The van der Waals surface area contributed by atoms with Crippen LogP contribution in [0.3, 0.4) is 0 Å². The summed E-state index contributed by atoms with van der Waals surface area (Å²) in [6.07, 6.45) is 6.33. The lowest BCUT2D eigenvalue weighted by molar-refractivity contribution is -0.125. The number of benzene rings is 1. The molecule has 0 saturated heterocycles. The minimum atomic E-state index is 0.139. The predicted octanol–water partition coefficient (Wildman–Crippen LogP) is 3.32. The monoisotopic (exact) mass is 291 g/mol. The van der Waals surface area contributed by atoms with E-state index in [2.05, 4.69) is 29.6 Å². The molecular formula is C17H22ClNO. The molecule has 2 nitrogen and oxygen atoms in total. The maximum atomic E-state index is 12.3. The third kappa shape index (κ3) is 3.01. The van der Waals surface area contributed by atoms with Gasteiger partial charge < -0.3 is 5.32 Å². The highest BCUT2D eigenvalue weighted by Crippen LogP contribution is 2.30. The van der Waals surface area contributed by atoms with E-state index in [0.29, 0.717) is 5.92 Å². The fourth-order valence-corrected chi connectivity index (χ4v) is 3.89. The molecule has 0 radical (unpaired) electrons.